The first-order valence-corrected chi connectivity index (χ1v) is 37.3. The van der Waals surface area contributed by atoms with E-state index in [4.69, 9.17) is 0 Å². The van der Waals surface area contributed by atoms with Gasteiger partial charge >= 0.3 is 0 Å². The number of rotatable bonds is 20. The Morgan fingerprint density at radius 3 is 0.625 bits per heavy atom. The Labute approximate surface area is 444 Å². The van der Waals surface area contributed by atoms with Crippen molar-refractivity contribution in [2.24, 2.45) is 0 Å². The van der Waals surface area contributed by atoms with Gasteiger partial charge in [0.1, 0.15) is 0 Å². The van der Waals surface area contributed by atoms with Crippen LogP contribution in [-0.2, 0) is 43.4 Å². The fourth-order valence-corrected chi connectivity index (χ4v) is 31.1. The van der Waals surface area contributed by atoms with E-state index in [-0.39, 0.29) is 68.2 Å². The predicted octanol–water partition coefficient (Wildman–Crippen LogP) is 13.4. The van der Waals surface area contributed by atoms with E-state index in [0.717, 1.165) is 0 Å². The van der Waals surface area contributed by atoms with E-state index < -0.39 is 32.3 Å². The summed E-state index contributed by atoms with van der Waals surface area (Å²) in [6.07, 6.45) is 48.0. The number of allylic oxidation sites excluding steroid dienone is 16. The maximum atomic E-state index is 2.57. The maximum absolute atomic E-state index is 2.57. The Hall–Kier alpha value is 0.796. The van der Waals surface area contributed by atoms with Crippen molar-refractivity contribution >= 4 is 32.3 Å². The van der Waals surface area contributed by atoms with Gasteiger partial charge in [-0.25, -0.2) is 0 Å². The third-order valence-corrected chi connectivity index (χ3v) is 40.0. The van der Waals surface area contributed by atoms with Gasteiger partial charge in [0.2, 0.25) is 0 Å². The van der Waals surface area contributed by atoms with Crippen LogP contribution in [0.25, 0.3) is 0 Å². The van der Waals surface area contributed by atoms with Crippen molar-refractivity contribution in [1.82, 2.24) is 0 Å². The molecule has 4 heterocycles. The van der Waals surface area contributed by atoms with E-state index >= 15 is 0 Å². The Morgan fingerprint density at radius 2 is 0.516 bits per heavy atom. The number of hydrogen-bond donors (Lipinski definition) is 0. The third kappa shape index (κ3) is 16.4. The second-order valence-corrected chi connectivity index (χ2v) is 39.8. The second kappa shape index (κ2) is 31.9. The van der Waals surface area contributed by atoms with Crippen molar-refractivity contribution < 1.29 is 68.2 Å². The maximum Gasteiger partial charge on any atom is 0.0819 e. The van der Waals surface area contributed by atoms with Crippen molar-refractivity contribution in [2.45, 2.75) is 256 Å². The standard InChI is InChI=1S/4C14H24Si.2ClH.2Ti/c4*1-3-5-9-15(10-6-11-15)14-8-7-13(4-2)12-14;;;;/h4*7,12H,3-6,8-11H2,1-2H3;2*1H;;/p-2. The van der Waals surface area contributed by atoms with E-state index in [1.807, 2.05) is 20.8 Å². The molecule has 4 fully saturated rings. The fourth-order valence-electron chi connectivity index (χ4n) is 12.2. The largest absolute Gasteiger partial charge is 1.00 e. The quantitative estimate of drug-likeness (QED) is 0.107. The van der Waals surface area contributed by atoms with Gasteiger partial charge in [0.15, 0.2) is 0 Å². The van der Waals surface area contributed by atoms with Crippen LogP contribution in [0.3, 0.4) is 0 Å². The predicted molar refractivity (Wildman–Crippen MR) is 283 cm³/mol. The van der Waals surface area contributed by atoms with Crippen molar-refractivity contribution in [3.05, 3.63) is 91.7 Å². The van der Waals surface area contributed by atoms with E-state index in [0.29, 0.717) is 0 Å². The minimum absolute atomic E-state index is 0. The number of hydrogen-bond acceptors (Lipinski definition) is 0. The fraction of sp³-hybridized carbons (Fsp3) is 0.714. The topological polar surface area (TPSA) is 0 Å². The van der Waals surface area contributed by atoms with Gasteiger partial charge < -0.3 is 24.8 Å². The molecule has 0 atom stereocenters. The van der Waals surface area contributed by atoms with E-state index in [9.17, 15) is 0 Å². The average molecular weight is 1050 g/mol. The van der Waals surface area contributed by atoms with Crippen molar-refractivity contribution in [3.63, 3.8) is 0 Å². The van der Waals surface area contributed by atoms with Crippen molar-refractivity contribution in [3.8, 4) is 0 Å². The smallest absolute Gasteiger partial charge is 0.0819 e. The molecule has 4 aliphatic carbocycles. The zero-order chi connectivity index (χ0) is 42.9. The molecular formula is C56H96Cl2Si4Ti2-2. The molecular weight excluding hydrogens is 952 g/mol. The normalized spacial score (nSPS) is 21.9. The van der Waals surface area contributed by atoms with Crippen LogP contribution in [0.4, 0.5) is 0 Å². The first-order chi connectivity index (χ1) is 29.2. The van der Waals surface area contributed by atoms with Crippen LogP contribution in [0.5, 0.6) is 0 Å². The third-order valence-electron chi connectivity index (χ3n) is 17.4. The Morgan fingerprint density at radius 1 is 0.328 bits per heavy atom. The Bertz CT molecular complexity index is 1390. The van der Waals surface area contributed by atoms with Gasteiger partial charge in [-0.1, -0.05) is 297 Å². The zero-order valence-electron chi connectivity index (χ0n) is 43.0. The van der Waals surface area contributed by atoms with Crippen LogP contribution >= 0.6 is 0 Å². The summed E-state index contributed by atoms with van der Waals surface area (Å²) in [5.74, 6) is 0. The summed E-state index contributed by atoms with van der Waals surface area (Å²) >= 11 is 0. The summed E-state index contributed by atoms with van der Waals surface area (Å²) in [5, 5.41) is 7.61. The first-order valence-electron chi connectivity index (χ1n) is 26.8. The Balaban J connectivity index is 0.000000418. The molecule has 0 radical (unpaired) electrons. The molecule has 8 heteroatoms. The minimum Gasteiger partial charge on any atom is -1.00 e. The number of halogens is 2. The molecule has 0 saturated carbocycles. The second-order valence-electron chi connectivity index (χ2n) is 21.0. The number of unbranched alkanes of at least 4 members (excludes halogenated alkanes) is 4. The van der Waals surface area contributed by atoms with Crippen LogP contribution in [-0.4, -0.2) is 32.3 Å². The molecule has 8 aliphatic rings. The van der Waals surface area contributed by atoms with Gasteiger partial charge in [0.05, 0.1) is 32.3 Å². The van der Waals surface area contributed by atoms with Gasteiger partial charge in [0, 0.05) is 43.4 Å². The molecule has 0 aromatic heterocycles. The first kappa shape index (κ1) is 62.8. The van der Waals surface area contributed by atoms with Crippen molar-refractivity contribution in [2.75, 3.05) is 0 Å². The molecule has 0 N–H and O–H groups in total. The van der Waals surface area contributed by atoms with Gasteiger partial charge in [-0.05, 0) is 51.4 Å². The minimum atomic E-state index is -0.880. The molecule has 8 rings (SSSR count). The molecule has 4 saturated heterocycles. The van der Waals surface area contributed by atoms with Gasteiger partial charge in [-0.15, -0.1) is 0 Å². The summed E-state index contributed by atoms with van der Waals surface area (Å²) < 4.78 is 0. The molecule has 0 nitrogen and oxygen atoms in total. The van der Waals surface area contributed by atoms with Gasteiger partial charge in [-0.2, -0.15) is 0 Å². The van der Waals surface area contributed by atoms with Crippen LogP contribution in [0.15, 0.2) is 91.7 Å². The van der Waals surface area contributed by atoms with E-state index in [2.05, 4.69) is 104 Å². The molecule has 64 heavy (non-hydrogen) atoms. The van der Waals surface area contributed by atoms with Crippen LogP contribution < -0.4 is 24.8 Å². The molecule has 0 aromatic carbocycles. The van der Waals surface area contributed by atoms with Crippen LogP contribution in [0.1, 0.15) is 184 Å². The molecule has 0 spiro atoms. The molecule has 360 valence electrons. The summed E-state index contributed by atoms with van der Waals surface area (Å²) in [4.78, 5) is 0. The van der Waals surface area contributed by atoms with Crippen molar-refractivity contribution in [1.29, 1.82) is 0 Å². The summed E-state index contributed by atoms with van der Waals surface area (Å²) in [6.45, 7) is 18.5. The summed E-state index contributed by atoms with van der Waals surface area (Å²) in [6, 6.07) is 19.1. The zero-order valence-corrected chi connectivity index (χ0v) is 51.6. The monoisotopic (exact) mass is 1050 g/mol. The van der Waals surface area contributed by atoms with E-state index in [1.54, 1.807) is 94.8 Å². The molecule has 0 amide bonds. The average Bonchev–Trinajstić information content (AvgIpc) is 4.06. The Kier molecular flexibility index (Phi) is 31.3. The summed E-state index contributed by atoms with van der Waals surface area (Å²) in [5.41, 5.74) is 6.45. The SMILES string of the molecule is CCCC[Si]1(C2=CC(CC)=CC2)CCC1.CCCC[Si]1(C2=CC(CC)=CC2)CCC1.CCCC[Si]1(C2=CC(CC)=CC2)CCC1.CCCC[Si]1(C2=CC(CC)=CC2)CCC1.[Cl-].[Cl-].[Ti].[Ti]. The molecule has 4 aliphatic heterocycles. The van der Waals surface area contributed by atoms with E-state index in [1.165, 1.54) is 128 Å². The van der Waals surface area contributed by atoms with Gasteiger partial charge in [-0.3, -0.25) is 0 Å². The van der Waals surface area contributed by atoms with Crippen LogP contribution in [0, 0.1) is 0 Å². The van der Waals surface area contributed by atoms with Gasteiger partial charge in [0.25, 0.3) is 0 Å². The molecule has 0 unspecified atom stereocenters. The summed E-state index contributed by atoms with van der Waals surface area (Å²) in [7, 11) is -3.52. The molecule has 0 bridgehead atoms. The van der Waals surface area contributed by atoms with Crippen LogP contribution in [0.2, 0.25) is 72.5 Å². The molecule has 0 aromatic rings.